The van der Waals surface area contributed by atoms with E-state index < -0.39 is 5.97 Å². The molecule has 0 atom stereocenters. The molecule has 0 spiro atoms. The quantitative estimate of drug-likeness (QED) is 0.290. The summed E-state index contributed by atoms with van der Waals surface area (Å²) in [6, 6.07) is 12.0. The number of benzene rings is 2. The zero-order chi connectivity index (χ0) is 28.5. The van der Waals surface area contributed by atoms with Gasteiger partial charge in [-0.25, -0.2) is 4.79 Å². The van der Waals surface area contributed by atoms with Crippen molar-refractivity contribution in [2.45, 2.75) is 71.1 Å². The highest BCUT2D eigenvalue weighted by atomic mass is 16.7. The Kier molecular flexibility index (Phi) is 9.99. The first-order chi connectivity index (χ1) is 17.9. The summed E-state index contributed by atoms with van der Waals surface area (Å²) in [6.07, 6.45) is 5.44. The number of carbonyl (C=O) groups is 1. The van der Waals surface area contributed by atoms with E-state index in [1.165, 1.54) is 30.9 Å². The van der Waals surface area contributed by atoms with Crippen molar-refractivity contribution in [2.75, 3.05) is 0 Å². The van der Waals surface area contributed by atoms with Gasteiger partial charge >= 0.3 is 18.3 Å². The molecule has 0 aliphatic heterocycles. The molecule has 0 amide bonds. The number of phenolic OH excluding ortho intramolecular Hbond substituents is 1. The monoisotopic (exact) mass is 522 g/mol. The lowest BCUT2D eigenvalue weighted by Gasteiger charge is -2.12. The number of nitrogens with zero attached hydrogens (tertiary/aromatic N) is 2. The van der Waals surface area contributed by atoms with Crippen LogP contribution in [-0.4, -0.2) is 34.2 Å². The van der Waals surface area contributed by atoms with Crippen molar-refractivity contribution in [3.05, 3.63) is 58.8 Å². The van der Waals surface area contributed by atoms with Crippen LogP contribution < -0.4 is 0 Å². The summed E-state index contributed by atoms with van der Waals surface area (Å²) in [5, 5.41) is 18.7. The van der Waals surface area contributed by atoms with E-state index in [0.29, 0.717) is 16.7 Å². The second-order valence-corrected chi connectivity index (χ2v) is 9.76. The van der Waals surface area contributed by atoms with E-state index in [-0.39, 0.29) is 23.5 Å². The van der Waals surface area contributed by atoms with Crippen LogP contribution in [0.15, 0.2) is 46.1 Å². The number of hydrogen-bond donors (Lipinski definition) is 1. The number of carbonyl (C=O) groups excluding carboxylic acids is 5. The Morgan fingerprint density at radius 2 is 1.45 bits per heavy atom. The molecular formula is C28H30N2O8. The molecule has 0 radical (unpaired) electrons. The van der Waals surface area contributed by atoms with Crippen molar-refractivity contribution in [2.24, 2.45) is 5.16 Å². The molecule has 3 aromatic rings. The molecule has 2 aliphatic carbocycles. The van der Waals surface area contributed by atoms with Gasteiger partial charge in [-0.1, -0.05) is 36.3 Å². The van der Waals surface area contributed by atoms with E-state index in [1.54, 1.807) is 13.0 Å². The fourth-order valence-corrected chi connectivity index (χ4v) is 3.77. The molecule has 2 saturated carbocycles. The molecule has 38 heavy (non-hydrogen) atoms. The number of rotatable bonds is 4. The molecule has 10 heteroatoms. The lowest BCUT2D eigenvalue weighted by molar-refractivity contribution is -0.193. The predicted molar refractivity (Wildman–Crippen MR) is 134 cm³/mol. The van der Waals surface area contributed by atoms with Gasteiger partial charge in [0, 0.05) is 17.9 Å². The van der Waals surface area contributed by atoms with Crippen molar-refractivity contribution in [3.63, 3.8) is 0 Å². The minimum atomic E-state index is -0.473. The Morgan fingerprint density at radius 1 is 0.947 bits per heavy atom. The van der Waals surface area contributed by atoms with Gasteiger partial charge in [0.1, 0.15) is 5.75 Å². The van der Waals surface area contributed by atoms with Crippen molar-refractivity contribution in [3.8, 4) is 5.75 Å². The van der Waals surface area contributed by atoms with Gasteiger partial charge in [-0.3, -0.25) is 0 Å². The van der Waals surface area contributed by atoms with Gasteiger partial charge in [-0.05, 0) is 85.8 Å². The molecule has 1 N–H and O–H groups in total. The zero-order valence-electron chi connectivity index (χ0n) is 22.0. The number of fused-ring (bicyclic) bond motifs is 1. The van der Waals surface area contributed by atoms with Gasteiger partial charge in [0.15, 0.2) is 5.58 Å². The number of oxime groups is 1. The molecule has 0 saturated heterocycles. The Balaban J connectivity index is 0.000000225. The van der Waals surface area contributed by atoms with E-state index in [2.05, 4.69) is 41.1 Å². The molecular weight excluding hydrogens is 492 g/mol. The first-order valence-corrected chi connectivity index (χ1v) is 11.9. The van der Waals surface area contributed by atoms with Gasteiger partial charge in [0.25, 0.3) is 0 Å². The lowest BCUT2D eigenvalue weighted by atomic mass is 9.95. The maximum absolute atomic E-state index is 10.7. The minimum Gasteiger partial charge on any atom is -0.507 e. The van der Waals surface area contributed by atoms with Crippen LogP contribution in [0.25, 0.3) is 11.0 Å². The molecule has 5 rings (SSSR count). The second kappa shape index (κ2) is 12.7. The predicted octanol–water partition coefficient (Wildman–Crippen LogP) is 4.75. The maximum Gasteiger partial charge on any atom is 0.373 e. The molecule has 2 aromatic carbocycles. The minimum absolute atomic E-state index is 0.149. The standard InChI is InChI=1S/C14H17NO3.C12H13NO.2CO2/c1-9(15-18-10(2)16)12-8-11(4-5-13(12)17)14(3)6-7-14;1-8-10-7-9(12(2)5-6-12)3-4-11(10)14-13-8;2*2-1-3/h4-5,8,17H,6-7H2,1-3H3;3-4,7H,5-6H2,1-2H3;;/b15-9+;;;. The van der Waals surface area contributed by atoms with Crippen LogP contribution in [0.5, 0.6) is 5.75 Å². The van der Waals surface area contributed by atoms with E-state index in [9.17, 15) is 9.90 Å². The number of aryl methyl sites for hydroxylation is 1. The molecule has 0 unspecified atom stereocenters. The summed E-state index contributed by atoms with van der Waals surface area (Å²) in [5.74, 6) is -0.324. The van der Waals surface area contributed by atoms with Gasteiger partial charge in [0.05, 0.1) is 11.4 Å². The molecule has 10 nitrogen and oxygen atoms in total. The third kappa shape index (κ3) is 7.80. The summed E-state index contributed by atoms with van der Waals surface area (Å²) in [5.41, 5.74) is 6.27. The van der Waals surface area contributed by atoms with Gasteiger partial charge in [-0.2, -0.15) is 19.2 Å². The van der Waals surface area contributed by atoms with Crippen LogP contribution in [0, 0.1) is 6.92 Å². The topological polar surface area (TPSA) is 153 Å². The van der Waals surface area contributed by atoms with Crippen LogP contribution in [-0.2, 0) is 39.6 Å². The molecule has 2 fully saturated rings. The van der Waals surface area contributed by atoms with E-state index >= 15 is 0 Å². The summed E-state index contributed by atoms with van der Waals surface area (Å²) in [4.78, 5) is 47.8. The maximum atomic E-state index is 10.7. The number of aromatic nitrogens is 1. The van der Waals surface area contributed by atoms with E-state index in [0.717, 1.165) is 29.5 Å². The SMILES string of the molecule is CC(=O)O/N=C(\C)c1cc(C2(C)CC2)ccc1O.Cc1noc2ccc(C3(C)CC3)cc12.O=C=O.O=C=O. The lowest BCUT2D eigenvalue weighted by Crippen LogP contribution is -2.04. The Hall–Kier alpha value is -4.39. The van der Waals surface area contributed by atoms with Crippen molar-refractivity contribution in [1.82, 2.24) is 5.16 Å². The smallest absolute Gasteiger partial charge is 0.373 e. The zero-order valence-corrected chi connectivity index (χ0v) is 22.0. The molecule has 1 heterocycles. The first kappa shape index (κ1) is 29.8. The van der Waals surface area contributed by atoms with Crippen molar-refractivity contribution < 1.29 is 38.4 Å². The Morgan fingerprint density at radius 3 is 1.95 bits per heavy atom. The van der Waals surface area contributed by atoms with Gasteiger partial charge in [-0.15, -0.1) is 0 Å². The highest BCUT2D eigenvalue weighted by Crippen LogP contribution is 2.49. The van der Waals surface area contributed by atoms with Crippen LogP contribution in [0.4, 0.5) is 0 Å². The first-order valence-electron chi connectivity index (χ1n) is 11.9. The Bertz CT molecular complexity index is 1370. The number of phenols is 1. The molecule has 1 aromatic heterocycles. The van der Waals surface area contributed by atoms with Crippen molar-refractivity contribution >= 4 is 35.0 Å². The van der Waals surface area contributed by atoms with Crippen molar-refractivity contribution in [1.29, 1.82) is 0 Å². The third-order valence-corrected chi connectivity index (χ3v) is 6.74. The fourth-order valence-electron chi connectivity index (χ4n) is 3.77. The number of aromatic hydroxyl groups is 1. The third-order valence-electron chi connectivity index (χ3n) is 6.74. The highest BCUT2D eigenvalue weighted by Gasteiger charge is 2.39. The van der Waals surface area contributed by atoms with Crippen LogP contribution in [0.2, 0.25) is 0 Å². The summed E-state index contributed by atoms with van der Waals surface area (Å²) < 4.78 is 5.19. The second-order valence-electron chi connectivity index (χ2n) is 9.76. The summed E-state index contributed by atoms with van der Waals surface area (Å²) >= 11 is 0. The van der Waals surface area contributed by atoms with Crippen LogP contribution >= 0.6 is 0 Å². The molecule has 0 bridgehead atoms. The molecule has 2 aliphatic rings. The molecule has 200 valence electrons. The Labute approximate surface area is 219 Å². The fraction of sp³-hybridized carbons (Fsp3) is 0.393. The normalized spacial score (nSPS) is 15.6. The summed E-state index contributed by atoms with van der Waals surface area (Å²) in [6.45, 7) is 9.50. The largest absolute Gasteiger partial charge is 0.507 e. The highest BCUT2D eigenvalue weighted by molar-refractivity contribution is 6.01. The summed E-state index contributed by atoms with van der Waals surface area (Å²) in [7, 11) is 0. The number of hydrogen-bond acceptors (Lipinski definition) is 10. The van der Waals surface area contributed by atoms with Gasteiger partial charge in [0.2, 0.25) is 0 Å². The average molecular weight is 523 g/mol. The average Bonchev–Trinajstić information content (AvgIpc) is 3.79. The van der Waals surface area contributed by atoms with Gasteiger partial charge < -0.3 is 14.5 Å². The van der Waals surface area contributed by atoms with Crippen LogP contribution in [0.1, 0.15) is 75.8 Å². The van der Waals surface area contributed by atoms with Crippen LogP contribution in [0.3, 0.4) is 0 Å². The van der Waals surface area contributed by atoms with E-state index in [4.69, 9.17) is 23.7 Å². The van der Waals surface area contributed by atoms with E-state index in [1.807, 2.05) is 25.1 Å².